The summed E-state index contributed by atoms with van der Waals surface area (Å²) in [4.78, 5) is 21.1. The molecule has 2 aromatic carbocycles. The molecule has 2 N–H and O–H groups in total. The lowest BCUT2D eigenvalue weighted by molar-refractivity contribution is -0.113. The molecule has 0 aliphatic carbocycles. The third-order valence-corrected chi connectivity index (χ3v) is 6.77. The standard InChI is InChI=1S/C22H24N4O4S2/c1-14-5-6-18(25-21(27)13-31-22-23-15(2)11-16(3)24-22)12-20(14)32(28,29)26-17-7-9-19(30-4)10-8-17/h5-12,26H,13H2,1-4H3,(H,25,27). The number of hydrogen-bond acceptors (Lipinski definition) is 7. The zero-order valence-electron chi connectivity index (χ0n) is 18.2. The van der Waals surface area contributed by atoms with Crippen molar-refractivity contribution in [2.24, 2.45) is 0 Å². The van der Waals surface area contributed by atoms with Crippen LogP contribution >= 0.6 is 11.8 Å². The maximum absolute atomic E-state index is 12.9. The van der Waals surface area contributed by atoms with Crippen molar-refractivity contribution in [1.29, 1.82) is 0 Å². The van der Waals surface area contributed by atoms with Gasteiger partial charge in [-0.05, 0) is 68.8 Å². The molecule has 0 aliphatic rings. The molecule has 0 saturated heterocycles. The molecule has 1 heterocycles. The van der Waals surface area contributed by atoms with Crippen molar-refractivity contribution in [1.82, 2.24) is 9.97 Å². The van der Waals surface area contributed by atoms with Gasteiger partial charge in [-0.25, -0.2) is 18.4 Å². The molecule has 0 aliphatic heterocycles. The Bertz CT molecular complexity index is 1210. The molecule has 10 heteroatoms. The molecule has 0 fully saturated rings. The number of ether oxygens (including phenoxy) is 1. The molecule has 0 atom stereocenters. The highest BCUT2D eigenvalue weighted by Crippen LogP contribution is 2.24. The molecule has 3 aromatic rings. The summed E-state index contributed by atoms with van der Waals surface area (Å²) in [6, 6.07) is 13.2. The Morgan fingerprint density at radius 2 is 1.59 bits per heavy atom. The van der Waals surface area contributed by atoms with Crippen LogP contribution in [0.5, 0.6) is 5.75 Å². The minimum atomic E-state index is -3.85. The SMILES string of the molecule is COc1ccc(NS(=O)(=O)c2cc(NC(=O)CSc3nc(C)cc(C)n3)ccc2C)cc1. The van der Waals surface area contributed by atoms with E-state index in [0.29, 0.717) is 27.8 Å². The van der Waals surface area contributed by atoms with E-state index in [0.717, 1.165) is 11.4 Å². The number of hydrogen-bond donors (Lipinski definition) is 2. The number of nitrogens with one attached hydrogen (secondary N) is 2. The molecule has 1 aromatic heterocycles. The highest BCUT2D eigenvalue weighted by molar-refractivity contribution is 7.99. The first-order valence-corrected chi connectivity index (χ1v) is 12.2. The number of benzene rings is 2. The van der Waals surface area contributed by atoms with Gasteiger partial charge in [-0.2, -0.15) is 0 Å². The molecular weight excluding hydrogens is 448 g/mol. The van der Waals surface area contributed by atoms with Gasteiger partial charge in [0.2, 0.25) is 5.91 Å². The number of anilines is 2. The van der Waals surface area contributed by atoms with Crippen molar-refractivity contribution in [2.75, 3.05) is 22.9 Å². The topological polar surface area (TPSA) is 110 Å². The summed E-state index contributed by atoms with van der Waals surface area (Å²) < 4.78 is 33.5. The molecule has 0 radical (unpaired) electrons. The van der Waals surface area contributed by atoms with Crippen molar-refractivity contribution < 1.29 is 17.9 Å². The summed E-state index contributed by atoms with van der Waals surface area (Å²) in [6.45, 7) is 5.43. The lowest BCUT2D eigenvalue weighted by atomic mass is 10.2. The molecule has 3 rings (SSSR count). The monoisotopic (exact) mass is 472 g/mol. The number of amides is 1. The molecule has 1 amide bonds. The fourth-order valence-corrected chi connectivity index (χ4v) is 5.00. The van der Waals surface area contributed by atoms with Crippen LogP contribution in [0.1, 0.15) is 17.0 Å². The maximum Gasteiger partial charge on any atom is 0.262 e. The number of rotatable bonds is 8. The fourth-order valence-electron chi connectivity index (χ4n) is 2.92. The van der Waals surface area contributed by atoms with Crippen LogP contribution in [-0.2, 0) is 14.8 Å². The number of methoxy groups -OCH3 is 1. The summed E-state index contributed by atoms with van der Waals surface area (Å²) in [5, 5.41) is 3.26. The summed E-state index contributed by atoms with van der Waals surface area (Å²) >= 11 is 1.22. The number of carbonyl (C=O) groups is 1. The second-order valence-electron chi connectivity index (χ2n) is 7.08. The van der Waals surface area contributed by atoms with Crippen molar-refractivity contribution in [2.45, 2.75) is 30.8 Å². The van der Waals surface area contributed by atoms with E-state index in [1.165, 1.54) is 24.9 Å². The van der Waals surface area contributed by atoms with Crippen LogP contribution in [0.4, 0.5) is 11.4 Å². The van der Waals surface area contributed by atoms with Crippen molar-refractivity contribution in [3.05, 3.63) is 65.5 Å². The quantitative estimate of drug-likeness (QED) is 0.377. The molecule has 0 unspecified atom stereocenters. The van der Waals surface area contributed by atoms with Crippen LogP contribution in [0.15, 0.2) is 58.6 Å². The molecule has 168 valence electrons. The van der Waals surface area contributed by atoms with E-state index >= 15 is 0 Å². The van der Waals surface area contributed by atoms with Crippen LogP contribution in [0.3, 0.4) is 0 Å². The van der Waals surface area contributed by atoms with Gasteiger partial charge in [-0.3, -0.25) is 9.52 Å². The van der Waals surface area contributed by atoms with Crippen LogP contribution in [0.25, 0.3) is 0 Å². The largest absolute Gasteiger partial charge is 0.497 e. The average molecular weight is 473 g/mol. The van der Waals surface area contributed by atoms with E-state index in [1.54, 1.807) is 43.3 Å². The van der Waals surface area contributed by atoms with Gasteiger partial charge in [0.15, 0.2) is 5.16 Å². The number of carbonyl (C=O) groups excluding carboxylic acids is 1. The Morgan fingerprint density at radius 3 is 2.22 bits per heavy atom. The third-order valence-electron chi connectivity index (χ3n) is 4.40. The van der Waals surface area contributed by atoms with Crippen LogP contribution in [-0.4, -0.2) is 37.2 Å². The summed E-state index contributed by atoms with van der Waals surface area (Å²) in [6.07, 6.45) is 0. The zero-order valence-corrected chi connectivity index (χ0v) is 19.8. The van der Waals surface area contributed by atoms with Crippen LogP contribution < -0.4 is 14.8 Å². The van der Waals surface area contributed by atoms with E-state index in [2.05, 4.69) is 20.0 Å². The summed E-state index contributed by atoms with van der Waals surface area (Å²) in [7, 11) is -2.32. The Hall–Kier alpha value is -3.11. The lowest BCUT2D eigenvalue weighted by Crippen LogP contribution is -2.17. The van der Waals surface area contributed by atoms with Gasteiger partial charge in [0, 0.05) is 22.8 Å². The van der Waals surface area contributed by atoms with Crippen molar-refractivity contribution in [3.8, 4) is 5.75 Å². The van der Waals surface area contributed by atoms with E-state index in [9.17, 15) is 13.2 Å². The average Bonchev–Trinajstić information content (AvgIpc) is 2.73. The fraction of sp³-hybridized carbons (Fsp3) is 0.227. The van der Waals surface area contributed by atoms with E-state index in [1.807, 2.05) is 19.9 Å². The minimum Gasteiger partial charge on any atom is -0.497 e. The Labute approximate surface area is 191 Å². The van der Waals surface area contributed by atoms with Gasteiger partial charge in [0.1, 0.15) is 5.75 Å². The van der Waals surface area contributed by atoms with E-state index < -0.39 is 10.0 Å². The van der Waals surface area contributed by atoms with Crippen LogP contribution in [0, 0.1) is 20.8 Å². The Balaban J connectivity index is 1.70. The highest BCUT2D eigenvalue weighted by Gasteiger charge is 2.18. The van der Waals surface area contributed by atoms with Gasteiger partial charge < -0.3 is 10.1 Å². The van der Waals surface area contributed by atoms with Gasteiger partial charge in [-0.1, -0.05) is 17.8 Å². The van der Waals surface area contributed by atoms with E-state index in [-0.39, 0.29) is 16.6 Å². The summed E-state index contributed by atoms with van der Waals surface area (Å²) in [5.74, 6) is 0.439. The normalized spacial score (nSPS) is 11.1. The smallest absolute Gasteiger partial charge is 0.262 e. The Kier molecular flexibility index (Phi) is 7.37. The maximum atomic E-state index is 12.9. The minimum absolute atomic E-state index is 0.0800. The van der Waals surface area contributed by atoms with E-state index in [4.69, 9.17) is 4.74 Å². The highest BCUT2D eigenvalue weighted by atomic mass is 32.2. The van der Waals surface area contributed by atoms with Crippen LogP contribution in [0.2, 0.25) is 0 Å². The third kappa shape index (κ3) is 6.21. The molecular formula is C22H24N4O4S2. The van der Waals surface area contributed by atoms with Gasteiger partial charge in [-0.15, -0.1) is 0 Å². The number of nitrogens with zero attached hydrogens (tertiary/aromatic N) is 2. The number of thioether (sulfide) groups is 1. The first-order valence-electron chi connectivity index (χ1n) is 9.69. The van der Waals surface area contributed by atoms with Gasteiger partial charge >= 0.3 is 0 Å². The number of aromatic nitrogens is 2. The Morgan fingerprint density at radius 1 is 0.969 bits per heavy atom. The lowest BCUT2D eigenvalue weighted by Gasteiger charge is -2.13. The second-order valence-corrected chi connectivity index (χ2v) is 9.68. The predicted molar refractivity (Wildman–Crippen MR) is 126 cm³/mol. The first kappa shape index (κ1) is 23.6. The number of aryl methyl sites for hydroxylation is 3. The second kappa shape index (κ2) is 10.0. The predicted octanol–water partition coefficient (Wildman–Crippen LogP) is 3.94. The number of sulfonamides is 1. The molecule has 0 spiro atoms. The zero-order chi connectivity index (χ0) is 23.3. The molecule has 32 heavy (non-hydrogen) atoms. The molecule has 0 saturated carbocycles. The molecule has 8 nitrogen and oxygen atoms in total. The van der Waals surface area contributed by atoms with Crippen molar-refractivity contribution in [3.63, 3.8) is 0 Å². The molecule has 0 bridgehead atoms. The first-order chi connectivity index (χ1) is 15.2. The van der Waals surface area contributed by atoms with Gasteiger partial charge in [0.05, 0.1) is 17.8 Å². The van der Waals surface area contributed by atoms with Gasteiger partial charge in [0.25, 0.3) is 10.0 Å². The van der Waals surface area contributed by atoms with Crippen molar-refractivity contribution >= 4 is 39.1 Å². The summed E-state index contributed by atoms with van der Waals surface area (Å²) in [5.41, 5.74) is 3.01.